The summed E-state index contributed by atoms with van der Waals surface area (Å²) < 4.78 is 2.48. The number of carbonyl (C=O) groups is 1. The average Bonchev–Trinajstić information content (AvgIpc) is 3.16. The minimum atomic E-state index is -0.510. The second-order valence-electron chi connectivity index (χ2n) is 5.68. The van der Waals surface area contributed by atoms with Crippen LogP contribution in [0, 0.1) is 10.1 Å². The molecule has 0 bridgehead atoms. The highest BCUT2D eigenvalue weighted by atomic mass is 79.9. The topological polar surface area (TPSA) is 90.1 Å². The van der Waals surface area contributed by atoms with Crippen LogP contribution in [0.15, 0.2) is 65.7 Å². The molecule has 8 heteroatoms. The smallest absolute Gasteiger partial charge is 0.294 e. The Bertz CT molecular complexity index is 940. The van der Waals surface area contributed by atoms with E-state index in [-0.39, 0.29) is 23.2 Å². The van der Waals surface area contributed by atoms with Crippen molar-refractivity contribution in [3.05, 3.63) is 86.9 Å². The van der Waals surface area contributed by atoms with E-state index in [1.807, 2.05) is 31.2 Å². The predicted octanol–water partition coefficient (Wildman–Crippen LogP) is 4.03. The van der Waals surface area contributed by atoms with Crippen LogP contribution in [0.3, 0.4) is 0 Å². The largest absolute Gasteiger partial charge is 0.346 e. The maximum atomic E-state index is 12.5. The summed E-state index contributed by atoms with van der Waals surface area (Å²) in [5, 5.41) is 14.3. The van der Waals surface area contributed by atoms with Crippen LogP contribution in [0.1, 0.15) is 28.9 Å². The zero-order valence-corrected chi connectivity index (χ0v) is 15.4. The SMILES string of the molecule is CC(NC(=O)c1ccc(-n2ccnc2)c([N+](=O)[O-])c1)c1ccc(Br)cc1. The lowest BCUT2D eigenvalue weighted by molar-refractivity contribution is -0.384. The Labute approximate surface area is 158 Å². The fourth-order valence-electron chi connectivity index (χ4n) is 2.55. The van der Waals surface area contributed by atoms with Crippen molar-refractivity contribution in [2.45, 2.75) is 13.0 Å². The molecule has 1 unspecified atom stereocenters. The number of halogens is 1. The Morgan fingerprint density at radius 2 is 2.00 bits per heavy atom. The summed E-state index contributed by atoms with van der Waals surface area (Å²) in [6.45, 7) is 1.86. The molecule has 1 amide bonds. The molecule has 0 saturated heterocycles. The first-order valence-electron chi connectivity index (χ1n) is 7.79. The van der Waals surface area contributed by atoms with Gasteiger partial charge in [0.05, 0.1) is 17.3 Å². The van der Waals surface area contributed by atoms with Gasteiger partial charge in [0.2, 0.25) is 0 Å². The first-order valence-corrected chi connectivity index (χ1v) is 8.58. The van der Waals surface area contributed by atoms with Gasteiger partial charge in [0, 0.05) is 28.5 Å². The Morgan fingerprint density at radius 3 is 2.62 bits per heavy atom. The van der Waals surface area contributed by atoms with Crippen LogP contribution in [0.2, 0.25) is 0 Å². The zero-order valence-electron chi connectivity index (χ0n) is 13.8. The third-order valence-corrected chi connectivity index (χ3v) is 4.46. The Morgan fingerprint density at radius 1 is 1.27 bits per heavy atom. The Kier molecular flexibility index (Phi) is 5.13. The molecule has 3 aromatic rings. The Balaban J connectivity index is 1.84. The molecule has 1 aromatic heterocycles. The van der Waals surface area contributed by atoms with E-state index >= 15 is 0 Å². The van der Waals surface area contributed by atoms with Crippen molar-refractivity contribution in [3.63, 3.8) is 0 Å². The van der Waals surface area contributed by atoms with Gasteiger partial charge in [-0.2, -0.15) is 0 Å². The minimum Gasteiger partial charge on any atom is -0.346 e. The van der Waals surface area contributed by atoms with Gasteiger partial charge < -0.3 is 9.88 Å². The molecule has 1 atom stereocenters. The van der Waals surface area contributed by atoms with E-state index in [9.17, 15) is 14.9 Å². The second-order valence-corrected chi connectivity index (χ2v) is 6.59. The van der Waals surface area contributed by atoms with Crippen LogP contribution < -0.4 is 5.32 Å². The van der Waals surface area contributed by atoms with E-state index in [1.54, 1.807) is 18.3 Å². The minimum absolute atomic E-state index is 0.160. The molecular formula is C18H15BrN4O3. The maximum Gasteiger partial charge on any atom is 0.294 e. The van der Waals surface area contributed by atoms with Crippen LogP contribution in [0.4, 0.5) is 5.69 Å². The van der Waals surface area contributed by atoms with Gasteiger partial charge >= 0.3 is 0 Å². The standard InChI is InChI=1S/C18H15BrN4O3/c1-12(13-2-5-15(19)6-3-13)21-18(24)14-4-7-16(17(10-14)23(25)26)22-9-8-20-11-22/h2-12H,1H3,(H,21,24). The monoisotopic (exact) mass is 414 g/mol. The molecule has 26 heavy (non-hydrogen) atoms. The molecular weight excluding hydrogens is 400 g/mol. The van der Waals surface area contributed by atoms with Crippen LogP contribution >= 0.6 is 15.9 Å². The number of nitro groups is 1. The number of aromatic nitrogens is 2. The third-order valence-electron chi connectivity index (χ3n) is 3.93. The van der Waals surface area contributed by atoms with Gasteiger partial charge in [0.15, 0.2) is 0 Å². The summed E-state index contributed by atoms with van der Waals surface area (Å²) in [7, 11) is 0. The van der Waals surface area contributed by atoms with E-state index in [0.717, 1.165) is 10.0 Å². The number of imidazole rings is 1. The number of nitro benzene ring substituents is 1. The van der Waals surface area contributed by atoms with Crippen molar-refractivity contribution < 1.29 is 9.72 Å². The molecule has 7 nitrogen and oxygen atoms in total. The maximum absolute atomic E-state index is 12.5. The normalized spacial score (nSPS) is 11.8. The summed E-state index contributed by atoms with van der Waals surface area (Å²) >= 11 is 3.37. The number of amides is 1. The van der Waals surface area contributed by atoms with Crippen molar-refractivity contribution >= 4 is 27.5 Å². The highest BCUT2D eigenvalue weighted by Gasteiger charge is 2.19. The van der Waals surface area contributed by atoms with Gasteiger partial charge in [0.25, 0.3) is 11.6 Å². The highest BCUT2D eigenvalue weighted by molar-refractivity contribution is 9.10. The first kappa shape index (κ1) is 17.8. The van der Waals surface area contributed by atoms with E-state index in [0.29, 0.717) is 5.69 Å². The van der Waals surface area contributed by atoms with E-state index in [4.69, 9.17) is 0 Å². The molecule has 3 rings (SSSR count). The van der Waals surface area contributed by atoms with Crippen molar-refractivity contribution in [2.24, 2.45) is 0 Å². The number of benzene rings is 2. The summed E-state index contributed by atoms with van der Waals surface area (Å²) in [6.07, 6.45) is 4.61. The molecule has 1 N–H and O–H groups in total. The van der Waals surface area contributed by atoms with Crippen LogP contribution in [0.25, 0.3) is 5.69 Å². The van der Waals surface area contributed by atoms with E-state index in [1.165, 1.54) is 23.2 Å². The summed E-state index contributed by atoms with van der Waals surface area (Å²) in [6, 6.07) is 11.7. The molecule has 0 aliphatic heterocycles. The zero-order chi connectivity index (χ0) is 18.7. The van der Waals surface area contributed by atoms with Gasteiger partial charge in [-0.1, -0.05) is 28.1 Å². The average molecular weight is 415 g/mol. The number of carbonyl (C=O) groups excluding carboxylic acids is 1. The van der Waals surface area contributed by atoms with Gasteiger partial charge in [0.1, 0.15) is 5.69 Å². The van der Waals surface area contributed by atoms with Crippen molar-refractivity contribution in [1.82, 2.24) is 14.9 Å². The number of hydrogen-bond donors (Lipinski definition) is 1. The lowest BCUT2D eigenvalue weighted by Gasteiger charge is -2.15. The molecule has 1 heterocycles. The highest BCUT2D eigenvalue weighted by Crippen LogP contribution is 2.25. The van der Waals surface area contributed by atoms with Crippen LogP contribution in [0.5, 0.6) is 0 Å². The molecule has 132 valence electrons. The van der Waals surface area contributed by atoms with Gasteiger partial charge in [-0.25, -0.2) is 4.98 Å². The second kappa shape index (κ2) is 7.49. The molecule has 0 saturated carbocycles. The predicted molar refractivity (Wildman–Crippen MR) is 100 cm³/mol. The fourth-order valence-corrected chi connectivity index (χ4v) is 2.81. The lowest BCUT2D eigenvalue weighted by Crippen LogP contribution is -2.26. The molecule has 2 aromatic carbocycles. The fraction of sp³-hybridized carbons (Fsp3) is 0.111. The van der Waals surface area contributed by atoms with Crippen molar-refractivity contribution in [2.75, 3.05) is 0 Å². The van der Waals surface area contributed by atoms with Crippen LogP contribution in [-0.2, 0) is 0 Å². The molecule has 0 spiro atoms. The Hall–Kier alpha value is -3.00. The van der Waals surface area contributed by atoms with Gasteiger partial charge in [-0.15, -0.1) is 0 Å². The number of nitrogens with zero attached hydrogens (tertiary/aromatic N) is 3. The summed E-state index contributed by atoms with van der Waals surface area (Å²) in [5.74, 6) is -0.374. The van der Waals surface area contributed by atoms with Gasteiger partial charge in [-0.3, -0.25) is 14.9 Å². The lowest BCUT2D eigenvalue weighted by atomic mass is 10.1. The van der Waals surface area contributed by atoms with E-state index < -0.39 is 4.92 Å². The van der Waals surface area contributed by atoms with Crippen molar-refractivity contribution in [3.8, 4) is 5.69 Å². The molecule has 0 aliphatic rings. The number of rotatable bonds is 5. The molecule has 0 aliphatic carbocycles. The summed E-state index contributed by atoms with van der Waals surface area (Å²) in [4.78, 5) is 27.3. The molecule has 0 radical (unpaired) electrons. The quantitative estimate of drug-likeness (QED) is 0.503. The third kappa shape index (κ3) is 3.80. The summed E-state index contributed by atoms with van der Waals surface area (Å²) in [5.41, 5.74) is 1.35. The van der Waals surface area contributed by atoms with Crippen LogP contribution in [-0.4, -0.2) is 20.4 Å². The van der Waals surface area contributed by atoms with Crippen molar-refractivity contribution in [1.29, 1.82) is 0 Å². The first-order chi connectivity index (χ1) is 12.5. The van der Waals surface area contributed by atoms with E-state index in [2.05, 4.69) is 26.2 Å². The number of nitrogens with one attached hydrogen (secondary N) is 1. The number of hydrogen-bond acceptors (Lipinski definition) is 4. The van der Waals surface area contributed by atoms with Gasteiger partial charge in [-0.05, 0) is 36.8 Å². The molecule has 0 fully saturated rings.